The summed E-state index contributed by atoms with van der Waals surface area (Å²) in [6.07, 6.45) is 0.166. The van der Waals surface area contributed by atoms with Gasteiger partial charge in [0, 0.05) is 23.7 Å². The normalized spacial score (nSPS) is 12.0. The zero-order chi connectivity index (χ0) is 17.8. The number of carbonyl (C=O) groups excluding carboxylic acids is 1. The number of ether oxygens (including phenoxy) is 1. The number of benzene rings is 2. The molecule has 0 fully saturated rings. The van der Waals surface area contributed by atoms with E-state index in [9.17, 15) is 4.79 Å². The molecule has 0 saturated carbocycles. The predicted octanol–water partition coefficient (Wildman–Crippen LogP) is 4.33. The van der Waals surface area contributed by atoms with Gasteiger partial charge < -0.3 is 9.30 Å². The molecule has 1 heterocycles. The Morgan fingerprint density at radius 1 is 1.24 bits per heavy atom. The van der Waals surface area contributed by atoms with E-state index in [-0.39, 0.29) is 12.3 Å². The zero-order valence-corrected chi connectivity index (χ0v) is 15.9. The highest BCUT2D eigenvalue weighted by molar-refractivity contribution is 7.16. The summed E-state index contributed by atoms with van der Waals surface area (Å²) < 4.78 is 8.13. The van der Waals surface area contributed by atoms with Gasteiger partial charge in [0.15, 0.2) is 4.80 Å². The molecule has 0 spiro atoms. The maximum absolute atomic E-state index is 12.4. The molecule has 1 amide bonds. The van der Waals surface area contributed by atoms with Gasteiger partial charge >= 0.3 is 0 Å². The summed E-state index contributed by atoms with van der Waals surface area (Å²) in [5.74, 6) is -0.239. The maximum atomic E-state index is 12.4. The van der Waals surface area contributed by atoms with E-state index in [1.807, 2.05) is 41.0 Å². The van der Waals surface area contributed by atoms with E-state index >= 15 is 0 Å². The lowest BCUT2D eigenvalue weighted by Gasteiger charge is -2.04. The second kappa shape index (κ2) is 8.15. The van der Waals surface area contributed by atoms with E-state index in [2.05, 4.69) is 4.99 Å². The minimum absolute atomic E-state index is 0.166. The SMILES string of the molecule is COCCn1c(=NC(=O)Cc2ccccc2Cl)sc2cc(Cl)ccc21. The smallest absolute Gasteiger partial charge is 0.252 e. The van der Waals surface area contributed by atoms with Gasteiger partial charge in [0.2, 0.25) is 0 Å². The van der Waals surface area contributed by atoms with Crippen LogP contribution in [0.3, 0.4) is 0 Å². The highest BCUT2D eigenvalue weighted by Crippen LogP contribution is 2.22. The maximum Gasteiger partial charge on any atom is 0.252 e. The van der Waals surface area contributed by atoms with Crippen LogP contribution in [-0.2, 0) is 22.5 Å². The van der Waals surface area contributed by atoms with Crippen LogP contribution in [0.1, 0.15) is 5.56 Å². The number of halogens is 2. The Balaban J connectivity index is 1.99. The molecule has 0 unspecified atom stereocenters. The monoisotopic (exact) mass is 394 g/mol. The molecule has 0 atom stereocenters. The lowest BCUT2D eigenvalue weighted by Crippen LogP contribution is -2.19. The first-order chi connectivity index (χ1) is 12.1. The molecule has 2 aromatic carbocycles. The van der Waals surface area contributed by atoms with E-state index in [4.69, 9.17) is 27.9 Å². The lowest BCUT2D eigenvalue weighted by molar-refractivity contribution is -0.117. The number of thiazole rings is 1. The Morgan fingerprint density at radius 2 is 2.04 bits per heavy atom. The van der Waals surface area contributed by atoms with Crippen molar-refractivity contribution in [2.45, 2.75) is 13.0 Å². The minimum atomic E-state index is -0.239. The second-order valence-corrected chi connectivity index (χ2v) is 7.27. The van der Waals surface area contributed by atoms with E-state index in [0.29, 0.717) is 28.0 Å². The molecule has 7 heteroatoms. The third-order valence-corrected chi connectivity index (χ3v) is 5.33. The number of aromatic nitrogens is 1. The van der Waals surface area contributed by atoms with Crippen LogP contribution in [0.4, 0.5) is 0 Å². The summed E-state index contributed by atoms with van der Waals surface area (Å²) in [4.78, 5) is 17.3. The van der Waals surface area contributed by atoms with Crippen molar-refractivity contribution in [2.24, 2.45) is 4.99 Å². The van der Waals surface area contributed by atoms with Crippen molar-refractivity contribution in [3.05, 3.63) is 62.9 Å². The van der Waals surface area contributed by atoms with Crippen molar-refractivity contribution in [2.75, 3.05) is 13.7 Å². The van der Waals surface area contributed by atoms with Crippen molar-refractivity contribution < 1.29 is 9.53 Å². The largest absolute Gasteiger partial charge is 0.383 e. The molecular weight excluding hydrogens is 379 g/mol. The summed E-state index contributed by atoms with van der Waals surface area (Å²) in [6, 6.07) is 12.9. The number of nitrogens with zero attached hydrogens (tertiary/aromatic N) is 2. The molecule has 0 aliphatic carbocycles. The fraction of sp³-hybridized carbons (Fsp3) is 0.222. The fourth-order valence-corrected chi connectivity index (χ4v) is 4.03. The van der Waals surface area contributed by atoms with Gasteiger partial charge in [-0.15, -0.1) is 0 Å². The average molecular weight is 395 g/mol. The molecule has 3 aromatic rings. The van der Waals surface area contributed by atoms with E-state index < -0.39 is 0 Å². The third-order valence-electron chi connectivity index (χ3n) is 3.68. The van der Waals surface area contributed by atoms with Gasteiger partial charge in [-0.2, -0.15) is 4.99 Å². The number of carbonyl (C=O) groups is 1. The van der Waals surface area contributed by atoms with Crippen LogP contribution < -0.4 is 4.80 Å². The summed E-state index contributed by atoms with van der Waals surface area (Å²) in [5, 5.41) is 1.23. The quantitative estimate of drug-likeness (QED) is 0.646. The Kier molecular flexibility index (Phi) is 5.91. The minimum Gasteiger partial charge on any atom is -0.383 e. The first-order valence-electron chi connectivity index (χ1n) is 7.67. The highest BCUT2D eigenvalue weighted by atomic mass is 35.5. The van der Waals surface area contributed by atoms with Crippen molar-refractivity contribution in [1.29, 1.82) is 0 Å². The molecule has 130 valence electrons. The van der Waals surface area contributed by atoms with Gasteiger partial charge in [-0.25, -0.2) is 0 Å². The number of rotatable bonds is 5. The first kappa shape index (κ1) is 18.1. The van der Waals surface area contributed by atoms with Crippen molar-refractivity contribution in [3.63, 3.8) is 0 Å². The molecule has 0 aliphatic heterocycles. The van der Waals surface area contributed by atoms with Gasteiger partial charge in [-0.1, -0.05) is 52.7 Å². The fourth-order valence-electron chi connectivity index (χ4n) is 2.48. The summed E-state index contributed by atoms with van der Waals surface area (Å²) in [6.45, 7) is 1.14. The van der Waals surface area contributed by atoms with Crippen LogP contribution in [0.15, 0.2) is 47.5 Å². The lowest BCUT2D eigenvalue weighted by atomic mass is 10.1. The van der Waals surface area contributed by atoms with Gasteiger partial charge in [-0.3, -0.25) is 4.79 Å². The summed E-state index contributed by atoms with van der Waals surface area (Å²) in [5.41, 5.74) is 1.75. The molecule has 4 nitrogen and oxygen atoms in total. The van der Waals surface area contributed by atoms with Crippen molar-refractivity contribution in [1.82, 2.24) is 4.57 Å². The van der Waals surface area contributed by atoms with E-state index in [0.717, 1.165) is 15.8 Å². The molecule has 0 radical (unpaired) electrons. The third kappa shape index (κ3) is 4.30. The van der Waals surface area contributed by atoms with E-state index in [1.54, 1.807) is 13.2 Å². The summed E-state index contributed by atoms with van der Waals surface area (Å²) >= 11 is 13.6. The molecular formula is C18H16Cl2N2O2S. The summed E-state index contributed by atoms with van der Waals surface area (Å²) in [7, 11) is 1.64. The molecule has 0 N–H and O–H groups in total. The first-order valence-corrected chi connectivity index (χ1v) is 9.24. The highest BCUT2D eigenvalue weighted by Gasteiger charge is 2.10. The average Bonchev–Trinajstić information content (AvgIpc) is 2.91. The number of hydrogen-bond donors (Lipinski definition) is 0. The van der Waals surface area contributed by atoms with Crippen LogP contribution in [-0.4, -0.2) is 24.2 Å². The number of methoxy groups -OCH3 is 1. The van der Waals surface area contributed by atoms with Crippen LogP contribution in [0.25, 0.3) is 10.2 Å². The molecule has 1 aromatic heterocycles. The number of hydrogen-bond acceptors (Lipinski definition) is 3. The molecule has 0 saturated heterocycles. The Hall–Kier alpha value is -1.66. The molecule has 0 bridgehead atoms. The Bertz CT molecular complexity index is 979. The van der Waals surface area contributed by atoms with Crippen LogP contribution in [0.5, 0.6) is 0 Å². The van der Waals surface area contributed by atoms with Crippen molar-refractivity contribution >= 4 is 50.7 Å². The predicted molar refractivity (Wildman–Crippen MR) is 102 cm³/mol. The van der Waals surface area contributed by atoms with Gasteiger partial charge in [-0.05, 0) is 29.8 Å². The van der Waals surface area contributed by atoms with Crippen LogP contribution in [0.2, 0.25) is 10.0 Å². The second-order valence-electron chi connectivity index (χ2n) is 5.41. The number of amides is 1. The standard InChI is InChI=1S/C18H16Cl2N2O2S/c1-24-9-8-22-15-7-6-13(19)11-16(15)25-18(22)21-17(23)10-12-4-2-3-5-14(12)20/h2-7,11H,8-10H2,1H3. The molecule has 3 rings (SSSR count). The molecule has 0 aliphatic rings. The topological polar surface area (TPSA) is 43.6 Å². The molecule has 25 heavy (non-hydrogen) atoms. The van der Waals surface area contributed by atoms with Gasteiger partial charge in [0.05, 0.1) is 23.2 Å². The van der Waals surface area contributed by atoms with Gasteiger partial charge in [0.25, 0.3) is 5.91 Å². The zero-order valence-electron chi connectivity index (χ0n) is 13.5. The van der Waals surface area contributed by atoms with Crippen LogP contribution >= 0.6 is 34.5 Å². The van der Waals surface area contributed by atoms with Gasteiger partial charge in [0.1, 0.15) is 0 Å². The van der Waals surface area contributed by atoms with Crippen LogP contribution in [0, 0.1) is 0 Å². The van der Waals surface area contributed by atoms with E-state index in [1.165, 1.54) is 11.3 Å². The Morgan fingerprint density at radius 3 is 2.80 bits per heavy atom. The van der Waals surface area contributed by atoms with Crippen molar-refractivity contribution in [3.8, 4) is 0 Å². The Labute approximate surface area is 159 Å². The number of fused-ring (bicyclic) bond motifs is 1.